The molecule has 11 nitrogen and oxygen atoms in total. The number of hydrogen-bond donors (Lipinski definition) is 3. The molecule has 0 bridgehead atoms. The maximum absolute atomic E-state index is 12.2. The van der Waals surface area contributed by atoms with Gasteiger partial charge in [0.15, 0.2) is 18.1 Å². The Kier molecular flexibility index (Phi) is 10.8. The minimum absolute atomic E-state index is 0.212. The van der Waals surface area contributed by atoms with Gasteiger partial charge in [0, 0.05) is 25.4 Å². The van der Waals surface area contributed by atoms with Crippen LogP contribution in [0.2, 0.25) is 0 Å². The number of hydrazone groups is 1. The van der Waals surface area contributed by atoms with E-state index < -0.39 is 11.8 Å². The Morgan fingerprint density at radius 1 is 1.00 bits per heavy atom. The molecule has 182 valence electrons. The number of hydrogen-bond acceptors (Lipinski definition) is 8. The predicted molar refractivity (Wildman–Crippen MR) is 125 cm³/mol. The first-order chi connectivity index (χ1) is 16.5. The van der Waals surface area contributed by atoms with E-state index in [1.54, 1.807) is 49.6 Å². The van der Waals surface area contributed by atoms with Crippen LogP contribution in [0.3, 0.4) is 0 Å². The summed E-state index contributed by atoms with van der Waals surface area (Å²) in [6.45, 7) is 2.44. The highest BCUT2D eigenvalue weighted by atomic mass is 16.5. The first kappa shape index (κ1) is 26.1. The molecule has 0 atom stereocenters. The van der Waals surface area contributed by atoms with Crippen LogP contribution in [-0.4, -0.2) is 64.5 Å². The van der Waals surface area contributed by atoms with E-state index in [0.717, 1.165) is 0 Å². The molecule has 0 saturated carbocycles. The van der Waals surface area contributed by atoms with Crippen LogP contribution < -0.4 is 30.3 Å². The van der Waals surface area contributed by atoms with E-state index in [1.807, 2.05) is 6.92 Å². The van der Waals surface area contributed by atoms with Crippen molar-refractivity contribution in [3.05, 3.63) is 48.0 Å². The monoisotopic (exact) mass is 472 g/mol. The van der Waals surface area contributed by atoms with Gasteiger partial charge in [-0.15, -0.1) is 0 Å². The number of carbonyl (C=O) groups excluding carboxylic acids is 3. The van der Waals surface area contributed by atoms with Crippen LogP contribution in [0.4, 0.5) is 5.69 Å². The lowest BCUT2D eigenvalue weighted by atomic mass is 10.2. The molecule has 2 aromatic carbocycles. The Morgan fingerprint density at radius 2 is 1.82 bits per heavy atom. The van der Waals surface area contributed by atoms with E-state index in [1.165, 1.54) is 13.3 Å². The van der Waals surface area contributed by atoms with Crippen molar-refractivity contribution in [2.24, 2.45) is 5.10 Å². The summed E-state index contributed by atoms with van der Waals surface area (Å²) >= 11 is 0. The molecule has 3 N–H and O–H groups in total. The molecular weight excluding hydrogens is 444 g/mol. The number of rotatable bonds is 12. The lowest BCUT2D eigenvalue weighted by molar-refractivity contribution is -0.139. The van der Waals surface area contributed by atoms with Gasteiger partial charge in [-0.1, -0.05) is 6.07 Å². The fourth-order valence-corrected chi connectivity index (χ4v) is 2.60. The number of amides is 3. The first-order valence-corrected chi connectivity index (χ1v) is 10.4. The summed E-state index contributed by atoms with van der Waals surface area (Å²) in [5, 5.41) is 8.88. The topological polar surface area (TPSA) is 137 Å². The van der Waals surface area contributed by atoms with E-state index in [2.05, 4.69) is 21.2 Å². The van der Waals surface area contributed by atoms with Gasteiger partial charge in [0.25, 0.3) is 5.91 Å². The van der Waals surface area contributed by atoms with Crippen molar-refractivity contribution in [3.63, 3.8) is 0 Å². The Bertz CT molecular complexity index is 1010. The third-order valence-electron chi connectivity index (χ3n) is 4.16. The summed E-state index contributed by atoms with van der Waals surface area (Å²) in [6.07, 6.45) is 1.35. The molecular formula is C23H28N4O7. The van der Waals surface area contributed by atoms with Gasteiger partial charge in [-0.05, 0) is 42.8 Å². The molecule has 0 radical (unpaired) electrons. The quantitative estimate of drug-likeness (QED) is 0.183. The van der Waals surface area contributed by atoms with Gasteiger partial charge >= 0.3 is 11.8 Å². The SMILES string of the molecule is CCOc1cc(/C=N\NC(=O)C(=O)NCCOC)ccc1OCC(=O)Nc1cccc(OC)c1. The van der Waals surface area contributed by atoms with Crippen molar-refractivity contribution < 1.29 is 33.3 Å². The maximum atomic E-state index is 12.2. The smallest absolute Gasteiger partial charge is 0.329 e. The standard InChI is InChI=1S/C23H28N4O7/c1-4-33-20-12-16(14-25-27-23(30)22(29)24-10-11-31-2)8-9-19(20)34-15-21(28)26-17-6-5-7-18(13-17)32-3/h5-9,12-14H,4,10-11,15H2,1-3H3,(H,24,29)(H,26,28)(H,27,30)/b25-14-. The van der Waals surface area contributed by atoms with Crippen molar-refractivity contribution in [1.29, 1.82) is 0 Å². The number of methoxy groups -OCH3 is 2. The fourth-order valence-electron chi connectivity index (χ4n) is 2.60. The van der Waals surface area contributed by atoms with E-state index in [-0.39, 0.29) is 19.1 Å². The van der Waals surface area contributed by atoms with E-state index >= 15 is 0 Å². The summed E-state index contributed by atoms with van der Waals surface area (Å²) in [7, 11) is 3.03. The van der Waals surface area contributed by atoms with Crippen molar-refractivity contribution in [3.8, 4) is 17.2 Å². The van der Waals surface area contributed by atoms with Crippen LogP contribution in [0.1, 0.15) is 12.5 Å². The van der Waals surface area contributed by atoms with Gasteiger partial charge in [0.2, 0.25) is 0 Å². The molecule has 0 aliphatic heterocycles. The molecule has 0 spiro atoms. The molecule has 0 fully saturated rings. The Morgan fingerprint density at radius 3 is 2.56 bits per heavy atom. The zero-order chi connectivity index (χ0) is 24.8. The van der Waals surface area contributed by atoms with Gasteiger partial charge in [-0.2, -0.15) is 5.10 Å². The Balaban J connectivity index is 1.93. The molecule has 0 aliphatic carbocycles. The molecule has 34 heavy (non-hydrogen) atoms. The van der Waals surface area contributed by atoms with Crippen LogP contribution in [0.25, 0.3) is 0 Å². The second-order valence-corrected chi connectivity index (χ2v) is 6.66. The normalized spacial score (nSPS) is 10.4. The molecule has 0 aromatic heterocycles. The van der Waals surface area contributed by atoms with Gasteiger partial charge in [-0.3, -0.25) is 14.4 Å². The molecule has 0 unspecified atom stereocenters. The van der Waals surface area contributed by atoms with Gasteiger partial charge in [0.1, 0.15) is 5.75 Å². The van der Waals surface area contributed by atoms with Crippen molar-refractivity contribution >= 4 is 29.6 Å². The largest absolute Gasteiger partial charge is 0.497 e. The number of nitrogens with one attached hydrogen (secondary N) is 3. The average Bonchev–Trinajstić information content (AvgIpc) is 2.83. The van der Waals surface area contributed by atoms with E-state index in [9.17, 15) is 14.4 Å². The third kappa shape index (κ3) is 8.79. The number of anilines is 1. The third-order valence-corrected chi connectivity index (χ3v) is 4.16. The molecule has 0 aliphatic rings. The van der Waals surface area contributed by atoms with Crippen LogP contribution in [0, 0.1) is 0 Å². The second-order valence-electron chi connectivity index (χ2n) is 6.66. The lowest BCUT2D eigenvalue weighted by Crippen LogP contribution is -2.39. The lowest BCUT2D eigenvalue weighted by Gasteiger charge is -2.13. The summed E-state index contributed by atoms with van der Waals surface area (Å²) in [6, 6.07) is 11.9. The van der Waals surface area contributed by atoms with Crippen LogP contribution in [-0.2, 0) is 19.1 Å². The summed E-state index contributed by atoms with van der Waals surface area (Å²) in [4.78, 5) is 35.5. The van der Waals surface area contributed by atoms with Gasteiger partial charge in [-0.25, -0.2) is 5.43 Å². The van der Waals surface area contributed by atoms with Gasteiger partial charge < -0.3 is 29.6 Å². The number of nitrogens with zero attached hydrogens (tertiary/aromatic N) is 1. The van der Waals surface area contributed by atoms with E-state index in [4.69, 9.17) is 18.9 Å². The first-order valence-electron chi connectivity index (χ1n) is 10.4. The van der Waals surface area contributed by atoms with Crippen molar-refractivity contribution in [1.82, 2.24) is 10.7 Å². The van der Waals surface area contributed by atoms with Crippen molar-refractivity contribution in [2.45, 2.75) is 6.92 Å². The zero-order valence-corrected chi connectivity index (χ0v) is 19.3. The summed E-state index contributed by atoms with van der Waals surface area (Å²) in [5.74, 6) is -0.699. The number of ether oxygens (including phenoxy) is 4. The zero-order valence-electron chi connectivity index (χ0n) is 19.3. The highest BCUT2D eigenvalue weighted by Gasteiger charge is 2.12. The average molecular weight is 472 g/mol. The number of carbonyl (C=O) groups is 3. The van der Waals surface area contributed by atoms with Crippen LogP contribution in [0.5, 0.6) is 17.2 Å². The molecule has 2 rings (SSSR count). The fraction of sp³-hybridized carbons (Fsp3) is 0.304. The highest BCUT2D eigenvalue weighted by Crippen LogP contribution is 2.28. The highest BCUT2D eigenvalue weighted by molar-refractivity contribution is 6.35. The molecule has 0 heterocycles. The maximum Gasteiger partial charge on any atom is 0.329 e. The Labute approximate surface area is 197 Å². The molecule has 11 heteroatoms. The van der Waals surface area contributed by atoms with Crippen molar-refractivity contribution in [2.75, 3.05) is 45.9 Å². The van der Waals surface area contributed by atoms with Gasteiger partial charge in [0.05, 0.1) is 26.5 Å². The second kappa shape index (κ2) is 14.1. The minimum Gasteiger partial charge on any atom is -0.497 e. The summed E-state index contributed by atoms with van der Waals surface area (Å²) < 4.78 is 21.1. The molecule has 3 amide bonds. The van der Waals surface area contributed by atoms with Crippen LogP contribution in [0.15, 0.2) is 47.6 Å². The summed E-state index contributed by atoms with van der Waals surface area (Å²) in [5.41, 5.74) is 3.30. The molecule has 0 saturated heterocycles. The van der Waals surface area contributed by atoms with E-state index in [0.29, 0.717) is 41.7 Å². The number of benzene rings is 2. The van der Waals surface area contributed by atoms with Crippen LogP contribution >= 0.6 is 0 Å². The molecule has 2 aromatic rings. The minimum atomic E-state index is -0.903. The predicted octanol–water partition coefficient (Wildman–Crippen LogP) is 1.32. The Hall–Kier alpha value is -4.12.